The van der Waals surface area contributed by atoms with E-state index in [1.165, 1.54) is 0 Å². The van der Waals surface area contributed by atoms with Crippen LogP contribution in [-0.2, 0) is 28.5 Å². The van der Waals surface area contributed by atoms with Crippen molar-refractivity contribution in [1.82, 2.24) is 5.32 Å². The molecule has 0 atom stereocenters. The average molecular weight is 363 g/mol. The Morgan fingerprint density at radius 1 is 0.760 bits per heavy atom. The quantitative estimate of drug-likeness (QED) is 0.333. The van der Waals surface area contributed by atoms with E-state index in [1.807, 2.05) is 0 Å². The molecule has 0 bridgehead atoms. The molecule has 0 saturated carbocycles. The van der Waals surface area contributed by atoms with Gasteiger partial charge in [-0.05, 0) is 12.8 Å². The molecule has 8 nitrogen and oxygen atoms in total. The lowest BCUT2D eigenvalue weighted by Gasteiger charge is -2.08. The lowest BCUT2D eigenvalue weighted by Crippen LogP contribution is -2.25. The van der Waals surface area contributed by atoms with E-state index in [0.29, 0.717) is 59.2 Å². The van der Waals surface area contributed by atoms with Crippen LogP contribution in [0.15, 0.2) is 0 Å². The van der Waals surface area contributed by atoms with Gasteiger partial charge in [0.2, 0.25) is 5.91 Å². The van der Waals surface area contributed by atoms with Crippen LogP contribution in [-0.4, -0.2) is 76.4 Å². The summed E-state index contributed by atoms with van der Waals surface area (Å²) in [7, 11) is 0. The van der Waals surface area contributed by atoms with Crippen LogP contribution < -0.4 is 5.32 Å². The minimum Gasteiger partial charge on any atom is -0.481 e. The van der Waals surface area contributed by atoms with Gasteiger partial charge in [0, 0.05) is 26.2 Å². The zero-order valence-electron chi connectivity index (χ0n) is 15.3. The number of carboxylic acids is 1. The summed E-state index contributed by atoms with van der Waals surface area (Å²) in [5, 5.41) is 11.1. The maximum atomic E-state index is 11.2. The fourth-order valence-corrected chi connectivity index (χ4v) is 1.72. The van der Waals surface area contributed by atoms with Crippen LogP contribution in [0.2, 0.25) is 0 Å². The summed E-state index contributed by atoms with van der Waals surface area (Å²) in [6.07, 6.45) is 2.77. The second-order valence-corrected chi connectivity index (χ2v) is 5.40. The molecule has 0 aromatic heterocycles. The number of hydrogen-bond acceptors (Lipinski definition) is 6. The van der Waals surface area contributed by atoms with E-state index < -0.39 is 5.97 Å². The largest absolute Gasteiger partial charge is 0.481 e. The van der Waals surface area contributed by atoms with Crippen molar-refractivity contribution >= 4 is 11.9 Å². The summed E-state index contributed by atoms with van der Waals surface area (Å²) in [6, 6.07) is 0. The molecule has 0 rings (SSSR count). The first kappa shape index (κ1) is 23.8. The van der Waals surface area contributed by atoms with Crippen LogP contribution in [0.4, 0.5) is 0 Å². The predicted octanol–water partition coefficient (Wildman–Crippen LogP) is 1.22. The Morgan fingerprint density at radius 2 is 1.24 bits per heavy atom. The predicted molar refractivity (Wildman–Crippen MR) is 92.7 cm³/mol. The van der Waals surface area contributed by atoms with Gasteiger partial charge in [0.1, 0.15) is 0 Å². The maximum Gasteiger partial charge on any atom is 0.303 e. The fraction of sp³-hybridized carbons (Fsp3) is 0.882. The van der Waals surface area contributed by atoms with Crippen molar-refractivity contribution in [3.05, 3.63) is 0 Å². The molecule has 8 heteroatoms. The molecule has 0 aromatic rings. The molecule has 0 unspecified atom stereocenters. The average Bonchev–Trinajstić information content (AvgIpc) is 2.59. The Hall–Kier alpha value is -1.22. The highest BCUT2D eigenvalue weighted by molar-refractivity contribution is 5.80. The van der Waals surface area contributed by atoms with Crippen LogP contribution in [0.3, 0.4) is 0 Å². The molecule has 0 fully saturated rings. The van der Waals surface area contributed by atoms with Gasteiger partial charge in [-0.3, -0.25) is 9.59 Å². The van der Waals surface area contributed by atoms with Crippen molar-refractivity contribution in [1.29, 1.82) is 0 Å². The van der Waals surface area contributed by atoms with Crippen LogP contribution in [0.5, 0.6) is 0 Å². The minimum absolute atomic E-state index is 0.0109. The smallest absolute Gasteiger partial charge is 0.303 e. The van der Waals surface area contributed by atoms with Crippen molar-refractivity contribution in [3.8, 4) is 0 Å². The molecule has 0 heterocycles. The molecule has 0 aliphatic heterocycles. The summed E-state index contributed by atoms with van der Waals surface area (Å²) in [6.45, 7) is 7.19. The molecule has 148 valence electrons. The highest BCUT2D eigenvalue weighted by Crippen LogP contribution is 1.90. The number of nitrogens with one attached hydrogen (secondary N) is 1. The van der Waals surface area contributed by atoms with E-state index in [-0.39, 0.29) is 18.7 Å². The number of hydrogen-bond donors (Lipinski definition) is 2. The number of carbonyl (C=O) groups is 2. The lowest BCUT2D eigenvalue weighted by atomic mass is 10.3. The molecular weight excluding hydrogens is 330 g/mol. The van der Waals surface area contributed by atoms with Gasteiger partial charge in [-0.2, -0.15) is 0 Å². The van der Waals surface area contributed by atoms with Crippen LogP contribution >= 0.6 is 0 Å². The van der Waals surface area contributed by atoms with Gasteiger partial charge in [0.15, 0.2) is 0 Å². The molecule has 0 saturated heterocycles. The molecule has 0 aliphatic carbocycles. The molecule has 0 aliphatic rings. The number of rotatable bonds is 19. The molecule has 0 spiro atoms. The normalized spacial score (nSPS) is 10.8. The Bertz CT molecular complexity index is 326. The monoisotopic (exact) mass is 363 g/mol. The molecule has 1 amide bonds. The van der Waals surface area contributed by atoms with Gasteiger partial charge in [-0.15, -0.1) is 0 Å². The summed E-state index contributed by atoms with van der Waals surface area (Å²) >= 11 is 0. The number of carboxylic acid groups (broad SMARTS) is 1. The molecular formula is C17H33NO7. The van der Waals surface area contributed by atoms with Crippen molar-refractivity contribution < 1.29 is 33.6 Å². The zero-order valence-corrected chi connectivity index (χ0v) is 15.3. The van der Waals surface area contributed by atoms with Crippen molar-refractivity contribution in [2.75, 3.05) is 59.4 Å². The molecule has 2 N–H and O–H groups in total. The number of unbranched alkanes of at least 4 members (excludes halogenated alkanes) is 1. The van der Waals surface area contributed by atoms with Gasteiger partial charge in [0.25, 0.3) is 0 Å². The summed E-state index contributed by atoms with van der Waals surface area (Å²) in [4.78, 5) is 21.5. The Balaban J connectivity index is 3.09. The van der Waals surface area contributed by atoms with Crippen LogP contribution in [0, 0.1) is 0 Å². The molecule has 0 radical (unpaired) electrons. The second-order valence-electron chi connectivity index (χ2n) is 5.40. The van der Waals surface area contributed by atoms with E-state index in [0.717, 1.165) is 19.4 Å². The second kappa shape index (κ2) is 19.1. The van der Waals surface area contributed by atoms with Gasteiger partial charge in [-0.25, -0.2) is 0 Å². The summed E-state index contributed by atoms with van der Waals surface area (Å²) in [5.74, 6) is -1.22. The third-order valence-corrected chi connectivity index (χ3v) is 3.11. The highest BCUT2D eigenvalue weighted by atomic mass is 16.6. The van der Waals surface area contributed by atoms with Crippen molar-refractivity contribution in [2.45, 2.75) is 39.0 Å². The zero-order chi connectivity index (χ0) is 18.6. The summed E-state index contributed by atoms with van der Waals surface area (Å²) in [5.41, 5.74) is 0. The number of ether oxygens (including phenoxy) is 4. The molecule has 25 heavy (non-hydrogen) atoms. The summed E-state index contributed by atoms with van der Waals surface area (Å²) < 4.78 is 21.5. The van der Waals surface area contributed by atoms with E-state index in [1.54, 1.807) is 0 Å². The Morgan fingerprint density at radius 3 is 1.72 bits per heavy atom. The number of carbonyl (C=O) groups excluding carboxylic acids is 1. The van der Waals surface area contributed by atoms with Gasteiger partial charge in [0.05, 0.1) is 46.1 Å². The fourth-order valence-electron chi connectivity index (χ4n) is 1.72. The topological polar surface area (TPSA) is 103 Å². The van der Waals surface area contributed by atoms with Crippen molar-refractivity contribution in [2.24, 2.45) is 0 Å². The van der Waals surface area contributed by atoms with Crippen LogP contribution in [0.1, 0.15) is 39.0 Å². The Labute approximate surface area is 150 Å². The number of amides is 1. The first-order valence-corrected chi connectivity index (χ1v) is 8.96. The highest BCUT2D eigenvalue weighted by Gasteiger charge is 2.03. The SMILES string of the molecule is CCCCOCCOCCOCCOCCCNC(=O)CCC(=O)O. The standard InChI is InChI=1S/C17H33NO7/c1-2-3-8-22-10-12-24-14-15-25-13-11-23-9-4-7-18-16(19)5-6-17(20)21/h2-15H2,1H3,(H,18,19)(H,20,21). The third-order valence-electron chi connectivity index (χ3n) is 3.11. The minimum atomic E-state index is -0.968. The third kappa shape index (κ3) is 20.7. The van der Waals surface area contributed by atoms with Crippen LogP contribution in [0.25, 0.3) is 0 Å². The number of aliphatic carboxylic acids is 1. The molecule has 0 aromatic carbocycles. The van der Waals surface area contributed by atoms with E-state index in [9.17, 15) is 9.59 Å². The first-order valence-electron chi connectivity index (χ1n) is 8.96. The van der Waals surface area contributed by atoms with Gasteiger partial charge in [-0.1, -0.05) is 13.3 Å². The van der Waals surface area contributed by atoms with Gasteiger partial charge < -0.3 is 29.4 Å². The van der Waals surface area contributed by atoms with E-state index in [2.05, 4.69) is 12.2 Å². The van der Waals surface area contributed by atoms with E-state index >= 15 is 0 Å². The lowest BCUT2D eigenvalue weighted by molar-refractivity contribution is -0.138. The Kier molecular flexibility index (Phi) is 18.2. The van der Waals surface area contributed by atoms with Crippen molar-refractivity contribution in [3.63, 3.8) is 0 Å². The van der Waals surface area contributed by atoms with E-state index in [4.69, 9.17) is 24.1 Å². The van der Waals surface area contributed by atoms with Gasteiger partial charge >= 0.3 is 5.97 Å². The maximum absolute atomic E-state index is 11.2. The first-order chi connectivity index (χ1) is 12.2.